The molecule has 0 saturated carbocycles. The van der Waals surface area contributed by atoms with Gasteiger partial charge in [0.25, 0.3) is 0 Å². The minimum Gasteiger partial charge on any atom is -0.302 e. The topological polar surface area (TPSA) is 43.6 Å². The Bertz CT molecular complexity index is 1140. The molecule has 5 rings (SSSR count). The van der Waals surface area contributed by atoms with E-state index in [2.05, 4.69) is 63.6 Å². The lowest BCUT2D eigenvalue weighted by molar-refractivity contribution is 0.508. The molecule has 4 nitrogen and oxygen atoms in total. The molecule has 1 aromatic carbocycles. The molecule has 7 heteroatoms. The molecule has 1 atom stereocenters. The fourth-order valence-electron chi connectivity index (χ4n) is 3.97. The number of hydrogen-bond acceptors (Lipinski definition) is 6. The molecular formula is C23H24N4S3. The monoisotopic (exact) mass is 452 g/mol. The third-order valence-corrected chi connectivity index (χ3v) is 8.59. The molecule has 3 aromatic heterocycles. The summed E-state index contributed by atoms with van der Waals surface area (Å²) in [7, 11) is 0. The van der Waals surface area contributed by atoms with Crippen molar-refractivity contribution in [1.82, 2.24) is 19.7 Å². The first-order valence-electron chi connectivity index (χ1n) is 10.4. The third kappa shape index (κ3) is 3.86. The summed E-state index contributed by atoms with van der Waals surface area (Å²) >= 11 is 5.32. The van der Waals surface area contributed by atoms with Gasteiger partial charge in [-0.25, -0.2) is 4.98 Å². The largest absolute Gasteiger partial charge is 0.302 e. The Morgan fingerprint density at radius 1 is 1.13 bits per heavy atom. The Kier molecular flexibility index (Phi) is 5.76. The van der Waals surface area contributed by atoms with Gasteiger partial charge in [-0.3, -0.25) is 0 Å². The lowest BCUT2D eigenvalue weighted by Crippen LogP contribution is -2.10. The van der Waals surface area contributed by atoms with E-state index in [0.29, 0.717) is 0 Å². The van der Waals surface area contributed by atoms with Gasteiger partial charge in [-0.1, -0.05) is 49.0 Å². The van der Waals surface area contributed by atoms with E-state index in [1.807, 2.05) is 17.4 Å². The molecule has 0 spiro atoms. The predicted octanol–water partition coefficient (Wildman–Crippen LogP) is 6.57. The molecule has 4 aromatic rings. The van der Waals surface area contributed by atoms with Crippen molar-refractivity contribution in [3.05, 3.63) is 57.2 Å². The van der Waals surface area contributed by atoms with Crippen molar-refractivity contribution >= 4 is 34.4 Å². The summed E-state index contributed by atoms with van der Waals surface area (Å²) in [5, 5.41) is 15.6. The summed E-state index contributed by atoms with van der Waals surface area (Å²) in [5.41, 5.74) is 5.07. The van der Waals surface area contributed by atoms with Crippen LogP contribution in [0, 0.1) is 5.92 Å². The molecule has 0 radical (unpaired) electrons. The highest BCUT2D eigenvalue weighted by molar-refractivity contribution is 7.98. The van der Waals surface area contributed by atoms with Gasteiger partial charge in [0.05, 0.1) is 5.69 Å². The first kappa shape index (κ1) is 20.0. The molecule has 0 bridgehead atoms. The zero-order valence-electron chi connectivity index (χ0n) is 17.2. The minimum absolute atomic E-state index is 0.790. The number of thiophene rings is 1. The van der Waals surface area contributed by atoms with E-state index in [1.54, 1.807) is 28.0 Å². The van der Waals surface area contributed by atoms with Gasteiger partial charge >= 0.3 is 0 Å². The first-order chi connectivity index (χ1) is 14.7. The molecule has 1 aliphatic rings. The van der Waals surface area contributed by atoms with Crippen molar-refractivity contribution in [2.75, 3.05) is 0 Å². The maximum Gasteiger partial charge on any atom is 0.191 e. The highest BCUT2D eigenvalue weighted by Crippen LogP contribution is 2.38. The number of thioether (sulfide) groups is 1. The maximum atomic E-state index is 4.81. The van der Waals surface area contributed by atoms with Crippen LogP contribution in [0.15, 0.2) is 46.2 Å². The van der Waals surface area contributed by atoms with Gasteiger partial charge in [-0.15, -0.1) is 32.9 Å². The number of thiazole rings is 1. The van der Waals surface area contributed by atoms with Gasteiger partial charge in [0, 0.05) is 39.1 Å². The zero-order chi connectivity index (χ0) is 20.5. The van der Waals surface area contributed by atoms with E-state index in [0.717, 1.165) is 46.3 Å². The maximum absolute atomic E-state index is 4.81. The second-order valence-electron chi connectivity index (χ2n) is 7.75. The number of rotatable bonds is 6. The molecule has 1 aliphatic carbocycles. The molecule has 0 fully saturated rings. The van der Waals surface area contributed by atoms with E-state index in [-0.39, 0.29) is 0 Å². The Morgan fingerprint density at radius 3 is 2.83 bits per heavy atom. The van der Waals surface area contributed by atoms with E-state index in [9.17, 15) is 0 Å². The lowest BCUT2D eigenvalue weighted by atomic mass is 9.88. The lowest BCUT2D eigenvalue weighted by Gasteiger charge is -2.19. The van der Waals surface area contributed by atoms with Gasteiger partial charge in [0.1, 0.15) is 5.01 Å². The molecule has 0 aliphatic heterocycles. The average molecular weight is 453 g/mol. The van der Waals surface area contributed by atoms with Crippen LogP contribution in [-0.2, 0) is 25.1 Å². The first-order valence-corrected chi connectivity index (χ1v) is 13.1. The quantitative estimate of drug-likeness (QED) is 0.310. The van der Waals surface area contributed by atoms with Gasteiger partial charge in [-0.05, 0) is 37.7 Å². The fraction of sp³-hybridized carbons (Fsp3) is 0.348. The number of nitrogens with zero attached hydrogens (tertiary/aromatic N) is 4. The van der Waals surface area contributed by atoms with E-state index >= 15 is 0 Å². The number of fused-ring (bicyclic) bond motifs is 1. The van der Waals surface area contributed by atoms with Crippen LogP contribution in [0.1, 0.15) is 36.4 Å². The molecule has 30 heavy (non-hydrogen) atoms. The van der Waals surface area contributed by atoms with Crippen LogP contribution in [0.5, 0.6) is 0 Å². The zero-order valence-corrected chi connectivity index (χ0v) is 19.6. The smallest absolute Gasteiger partial charge is 0.191 e. The number of hydrogen-bond donors (Lipinski definition) is 0. The summed E-state index contributed by atoms with van der Waals surface area (Å²) in [4.78, 5) is 6.36. The van der Waals surface area contributed by atoms with E-state index in [1.165, 1.54) is 29.5 Å². The summed E-state index contributed by atoms with van der Waals surface area (Å²) < 4.78 is 2.26. The SMILES string of the molecule is CCn1c(SCc2csc(-c3ccccc3)n2)nnc1-c1csc2c1CCC(C)C2. The van der Waals surface area contributed by atoms with Crippen molar-refractivity contribution in [3.63, 3.8) is 0 Å². The molecule has 0 saturated heterocycles. The highest BCUT2D eigenvalue weighted by Gasteiger charge is 2.24. The second kappa shape index (κ2) is 8.65. The second-order valence-corrected chi connectivity index (χ2v) is 10.5. The average Bonchev–Trinajstić information content (AvgIpc) is 3.50. The van der Waals surface area contributed by atoms with Crippen LogP contribution in [0.2, 0.25) is 0 Å². The van der Waals surface area contributed by atoms with Crippen LogP contribution >= 0.6 is 34.4 Å². The van der Waals surface area contributed by atoms with Crippen molar-refractivity contribution < 1.29 is 0 Å². The van der Waals surface area contributed by atoms with Crippen LogP contribution < -0.4 is 0 Å². The molecule has 3 heterocycles. The molecule has 0 N–H and O–H groups in total. The van der Waals surface area contributed by atoms with Crippen molar-refractivity contribution in [1.29, 1.82) is 0 Å². The summed E-state index contributed by atoms with van der Waals surface area (Å²) in [6.07, 6.45) is 3.64. The standard InChI is InChI=1S/C23H24N4S3/c1-3-27-21(19-14-28-20-11-15(2)9-10-18(19)20)25-26-23(27)30-13-17-12-29-22(24-17)16-7-5-4-6-8-16/h4-8,12,14-15H,3,9-11,13H2,1-2H3. The third-order valence-electron chi connectivity index (χ3n) is 5.60. The van der Waals surface area contributed by atoms with E-state index in [4.69, 9.17) is 4.98 Å². The van der Waals surface area contributed by atoms with Crippen LogP contribution in [0.4, 0.5) is 0 Å². The Labute approximate surface area is 189 Å². The molecule has 154 valence electrons. The number of benzene rings is 1. The van der Waals surface area contributed by atoms with Gasteiger partial charge in [0.15, 0.2) is 11.0 Å². The number of aromatic nitrogens is 4. The highest BCUT2D eigenvalue weighted by atomic mass is 32.2. The molecule has 0 amide bonds. The van der Waals surface area contributed by atoms with Gasteiger partial charge < -0.3 is 4.57 Å². The normalized spacial score (nSPS) is 16.0. The summed E-state index contributed by atoms with van der Waals surface area (Å²) in [6, 6.07) is 10.4. The van der Waals surface area contributed by atoms with Crippen molar-refractivity contribution in [2.45, 2.75) is 50.6 Å². The summed E-state index contributed by atoms with van der Waals surface area (Å²) in [5.74, 6) is 2.62. The Morgan fingerprint density at radius 2 is 2.00 bits per heavy atom. The molecular weight excluding hydrogens is 428 g/mol. The molecule has 1 unspecified atom stereocenters. The van der Waals surface area contributed by atoms with Crippen LogP contribution in [-0.4, -0.2) is 19.7 Å². The summed E-state index contributed by atoms with van der Waals surface area (Å²) in [6.45, 7) is 5.40. The van der Waals surface area contributed by atoms with Crippen LogP contribution in [0.3, 0.4) is 0 Å². The Balaban J connectivity index is 1.35. The van der Waals surface area contributed by atoms with E-state index < -0.39 is 0 Å². The van der Waals surface area contributed by atoms with Crippen molar-refractivity contribution in [2.24, 2.45) is 5.92 Å². The predicted molar refractivity (Wildman–Crippen MR) is 127 cm³/mol. The Hall–Kier alpha value is -1.96. The van der Waals surface area contributed by atoms with Gasteiger partial charge in [-0.2, -0.15) is 0 Å². The van der Waals surface area contributed by atoms with Crippen LogP contribution in [0.25, 0.3) is 22.0 Å². The van der Waals surface area contributed by atoms with Crippen molar-refractivity contribution in [3.8, 4) is 22.0 Å². The minimum atomic E-state index is 0.790. The fourth-order valence-corrected chi connectivity index (χ4v) is 7.04. The van der Waals surface area contributed by atoms with Gasteiger partial charge in [0.2, 0.25) is 0 Å².